The third-order valence-corrected chi connectivity index (χ3v) is 4.31. The lowest BCUT2D eigenvalue weighted by Gasteiger charge is -2.11. The molecule has 2 N–H and O–H groups in total. The summed E-state index contributed by atoms with van der Waals surface area (Å²) in [6.45, 7) is 1.02. The summed E-state index contributed by atoms with van der Waals surface area (Å²) in [5.74, 6) is 1.06. The second-order valence-electron chi connectivity index (χ2n) is 6.19. The highest BCUT2D eigenvalue weighted by molar-refractivity contribution is 5.80. The summed E-state index contributed by atoms with van der Waals surface area (Å²) in [6.07, 6.45) is 4.50. The van der Waals surface area contributed by atoms with Crippen molar-refractivity contribution < 1.29 is 14.6 Å². The van der Waals surface area contributed by atoms with E-state index in [9.17, 15) is 9.59 Å². The van der Waals surface area contributed by atoms with Gasteiger partial charge in [-0.15, -0.1) is 0 Å². The molecule has 1 amide bonds. The Kier molecular flexibility index (Phi) is 5.65. The number of nitrogens with zero attached hydrogens (tertiary/aromatic N) is 2. The number of hydrogen-bond donors (Lipinski definition) is 2. The van der Waals surface area contributed by atoms with Gasteiger partial charge in [-0.1, -0.05) is 6.42 Å². The first-order valence-electron chi connectivity index (χ1n) is 8.73. The van der Waals surface area contributed by atoms with Crippen LogP contribution in [0.5, 0.6) is 5.75 Å². The Hall–Kier alpha value is -2.41. The molecule has 0 saturated carbocycles. The highest BCUT2D eigenvalue weighted by atomic mass is 16.5. The first-order valence-corrected chi connectivity index (χ1v) is 8.73. The van der Waals surface area contributed by atoms with Gasteiger partial charge < -0.3 is 15.2 Å². The van der Waals surface area contributed by atoms with Gasteiger partial charge in [0.1, 0.15) is 11.6 Å². The molecule has 3 rings (SSSR count). The molecule has 7 heteroatoms. The SMILES string of the molecule is O=C(COc1ccc2nc3n(c(=O)c2c1)CCCCC3)NCCCO. The zero-order valence-corrected chi connectivity index (χ0v) is 14.2. The lowest BCUT2D eigenvalue weighted by Crippen LogP contribution is -2.30. The molecule has 0 spiro atoms. The molecular formula is C18H23N3O4. The van der Waals surface area contributed by atoms with Crippen LogP contribution in [0.1, 0.15) is 31.5 Å². The number of carbonyl (C=O) groups is 1. The highest BCUT2D eigenvalue weighted by Gasteiger charge is 2.14. The largest absolute Gasteiger partial charge is 0.484 e. The summed E-state index contributed by atoms with van der Waals surface area (Å²) in [6, 6.07) is 5.15. The quantitative estimate of drug-likeness (QED) is 0.762. The molecule has 0 bridgehead atoms. The Morgan fingerprint density at radius 3 is 3.04 bits per heavy atom. The standard InChI is InChI=1S/C18H23N3O4/c22-10-4-8-19-17(23)12-25-13-6-7-15-14(11-13)18(24)21-9-3-1-2-5-16(21)20-15/h6-7,11,22H,1-5,8-10,12H2,(H,19,23). The normalized spacial score (nSPS) is 14.0. The number of ether oxygens (including phenoxy) is 1. The van der Waals surface area contributed by atoms with Crippen LogP contribution in [-0.4, -0.2) is 40.3 Å². The topological polar surface area (TPSA) is 93.5 Å². The molecule has 134 valence electrons. The minimum absolute atomic E-state index is 0.0348. The van der Waals surface area contributed by atoms with Crippen LogP contribution in [0.25, 0.3) is 10.9 Å². The molecule has 1 aliphatic rings. The molecule has 1 aromatic carbocycles. The fraction of sp³-hybridized carbons (Fsp3) is 0.500. The van der Waals surface area contributed by atoms with Crippen molar-refractivity contribution in [1.82, 2.24) is 14.9 Å². The van der Waals surface area contributed by atoms with E-state index in [1.807, 2.05) is 0 Å². The van der Waals surface area contributed by atoms with Gasteiger partial charge in [-0.2, -0.15) is 0 Å². The van der Waals surface area contributed by atoms with Gasteiger partial charge in [-0.05, 0) is 37.5 Å². The maximum Gasteiger partial charge on any atom is 0.261 e. The van der Waals surface area contributed by atoms with E-state index < -0.39 is 0 Å². The highest BCUT2D eigenvalue weighted by Crippen LogP contribution is 2.19. The molecule has 25 heavy (non-hydrogen) atoms. The molecule has 0 fully saturated rings. The molecule has 1 aromatic heterocycles. The van der Waals surface area contributed by atoms with E-state index in [0.717, 1.165) is 31.5 Å². The van der Waals surface area contributed by atoms with E-state index >= 15 is 0 Å². The number of nitrogens with one attached hydrogen (secondary N) is 1. The number of aromatic nitrogens is 2. The van der Waals surface area contributed by atoms with Gasteiger partial charge in [0.25, 0.3) is 11.5 Å². The van der Waals surface area contributed by atoms with E-state index in [1.54, 1.807) is 22.8 Å². The van der Waals surface area contributed by atoms with Crippen molar-refractivity contribution in [3.05, 3.63) is 34.4 Å². The van der Waals surface area contributed by atoms with Crippen molar-refractivity contribution in [2.75, 3.05) is 19.8 Å². The third-order valence-electron chi connectivity index (χ3n) is 4.31. The van der Waals surface area contributed by atoms with Crippen LogP contribution in [0.4, 0.5) is 0 Å². The minimum Gasteiger partial charge on any atom is -0.484 e. The predicted molar refractivity (Wildman–Crippen MR) is 93.8 cm³/mol. The van der Waals surface area contributed by atoms with Crippen molar-refractivity contribution in [2.24, 2.45) is 0 Å². The zero-order valence-electron chi connectivity index (χ0n) is 14.2. The molecule has 2 aromatic rings. The van der Waals surface area contributed by atoms with Gasteiger partial charge in [0.05, 0.1) is 10.9 Å². The maximum absolute atomic E-state index is 12.8. The predicted octanol–water partition coefficient (Wildman–Crippen LogP) is 1.00. The number of aliphatic hydroxyl groups excluding tert-OH is 1. The first-order chi connectivity index (χ1) is 12.2. The number of aryl methyl sites for hydroxylation is 1. The Bertz CT molecular complexity index is 816. The summed E-state index contributed by atoms with van der Waals surface area (Å²) in [7, 11) is 0. The van der Waals surface area contributed by atoms with Gasteiger partial charge in [-0.3, -0.25) is 14.2 Å². The van der Waals surface area contributed by atoms with Gasteiger partial charge in [-0.25, -0.2) is 4.98 Å². The van der Waals surface area contributed by atoms with E-state index in [0.29, 0.717) is 36.2 Å². The van der Waals surface area contributed by atoms with Crippen LogP contribution < -0.4 is 15.6 Å². The molecule has 0 aliphatic carbocycles. The molecule has 0 atom stereocenters. The second kappa shape index (κ2) is 8.11. The number of rotatable bonds is 6. The monoisotopic (exact) mass is 345 g/mol. The van der Waals surface area contributed by atoms with E-state index in [2.05, 4.69) is 10.3 Å². The van der Waals surface area contributed by atoms with Crippen molar-refractivity contribution in [2.45, 2.75) is 38.6 Å². The van der Waals surface area contributed by atoms with Crippen LogP contribution >= 0.6 is 0 Å². The van der Waals surface area contributed by atoms with Crippen LogP contribution in [0.15, 0.2) is 23.0 Å². The minimum atomic E-state index is -0.259. The number of aliphatic hydroxyl groups is 1. The van der Waals surface area contributed by atoms with Gasteiger partial charge in [0.15, 0.2) is 6.61 Å². The maximum atomic E-state index is 12.8. The smallest absolute Gasteiger partial charge is 0.261 e. The number of carbonyl (C=O) groups excluding carboxylic acids is 1. The summed E-state index contributed by atoms with van der Waals surface area (Å²) in [4.78, 5) is 29.0. The summed E-state index contributed by atoms with van der Waals surface area (Å²) in [5, 5.41) is 11.9. The average Bonchev–Trinajstić information content (AvgIpc) is 2.86. The van der Waals surface area contributed by atoms with Crippen LogP contribution in [-0.2, 0) is 17.8 Å². The fourth-order valence-corrected chi connectivity index (χ4v) is 2.99. The first kappa shape index (κ1) is 17.4. The molecule has 0 radical (unpaired) electrons. The third kappa shape index (κ3) is 4.17. The van der Waals surface area contributed by atoms with Crippen LogP contribution in [0.3, 0.4) is 0 Å². The lowest BCUT2D eigenvalue weighted by molar-refractivity contribution is -0.123. The molecule has 1 aliphatic heterocycles. The summed E-state index contributed by atoms with van der Waals surface area (Å²) >= 11 is 0. The fourth-order valence-electron chi connectivity index (χ4n) is 2.99. The van der Waals surface area contributed by atoms with Gasteiger partial charge >= 0.3 is 0 Å². The molecule has 0 unspecified atom stereocenters. The lowest BCUT2D eigenvalue weighted by atomic mass is 10.2. The number of fused-ring (bicyclic) bond motifs is 2. The van der Waals surface area contributed by atoms with E-state index in [-0.39, 0.29) is 24.7 Å². The average molecular weight is 345 g/mol. The van der Waals surface area contributed by atoms with Crippen molar-refractivity contribution in [3.8, 4) is 5.75 Å². The Morgan fingerprint density at radius 1 is 1.32 bits per heavy atom. The van der Waals surface area contributed by atoms with E-state index in [4.69, 9.17) is 9.84 Å². The number of benzene rings is 1. The summed E-state index contributed by atoms with van der Waals surface area (Å²) < 4.78 is 7.24. The molecule has 7 nitrogen and oxygen atoms in total. The van der Waals surface area contributed by atoms with Crippen LogP contribution in [0.2, 0.25) is 0 Å². The van der Waals surface area contributed by atoms with E-state index in [1.165, 1.54) is 0 Å². The zero-order chi connectivity index (χ0) is 17.6. The molecular weight excluding hydrogens is 322 g/mol. The summed E-state index contributed by atoms with van der Waals surface area (Å²) in [5.41, 5.74) is 0.623. The Morgan fingerprint density at radius 2 is 2.20 bits per heavy atom. The van der Waals surface area contributed by atoms with Gasteiger partial charge in [0.2, 0.25) is 0 Å². The second-order valence-corrected chi connectivity index (χ2v) is 6.19. The Labute approximate surface area is 145 Å². The Balaban J connectivity index is 1.77. The van der Waals surface area contributed by atoms with Crippen molar-refractivity contribution in [1.29, 1.82) is 0 Å². The molecule has 0 saturated heterocycles. The van der Waals surface area contributed by atoms with Crippen molar-refractivity contribution in [3.63, 3.8) is 0 Å². The van der Waals surface area contributed by atoms with Gasteiger partial charge in [0, 0.05) is 26.1 Å². The number of hydrogen-bond acceptors (Lipinski definition) is 5. The molecule has 2 heterocycles. The van der Waals surface area contributed by atoms with Crippen LogP contribution in [0, 0.1) is 0 Å². The number of amides is 1. The van der Waals surface area contributed by atoms with Crippen molar-refractivity contribution >= 4 is 16.8 Å².